The number of aromatic nitrogens is 1. The second kappa shape index (κ2) is 8.93. The summed E-state index contributed by atoms with van der Waals surface area (Å²) in [6.07, 6.45) is 3.64. The van der Waals surface area contributed by atoms with Crippen LogP contribution < -0.4 is 4.72 Å². The number of pyridine rings is 1. The highest BCUT2D eigenvalue weighted by Gasteiger charge is 2.24. The number of carbonyl (C=O) groups is 1. The van der Waals surface area contributed by atoms with E-state index in [4.69, 9.17) is 0 Å². The number of fused-ring (bicyclic) bond motifs is 1. The maximum atomic E-state index is 12.9. The highest BCUT2D eigenvalue weighted by molar-refractivity contribution is 7.89. The topological polar surface area (TPSA) is 79.4 Å². The fraction of sp³-hybridized carbons (Fsp3) is 0.364. The smallest absolute Gasteiger partial charge is 0.242 e. The molecular weight excluding hydrogens is 418 g/mol. The van der Waals surface area contributed by atoms with Crippen molar-refractivity contribution < 1.29 is 13.2 Å². The summed E-state index contributed by atoms with van der Waals surface area (Å²) < 4.78 is 28.7. The SMILES string of the molecule is CC(=O)c1cc(CN2CCCC(CNS(=O)(=O)c3cccc4cccnc34)C2)cs1. The maximum Gasteiger partial charge on any atom is 0.242 e. The number of ketones is 1. The van der Waals surface area contributed by atoms with Gasteiger partial charge < -0.3 is 0 Å². The Morgan fingerprint density at radius 2 is 2.13 bits per heavy atom. The van der Waals surface area contributed by atoms with Crippen LogP contribution in [-0.2, 0) is 16.6 Å². The lowest BCUT2D eigenvalue weighted by molar-refractivity contribution is 0.102. The summed E-state index contributed by atoms with van der Waals surface area (Å²) in [5.41, 5.74) is 1.64. The van der Waals surface area contributed by atoms with E-state index in [0.717, 1.165) is 48.3 Å². The number of hydrogen-bond acceptors (Lipinski definition) is 6. The van der Waals surface area contributed by atoms with E-state index in [9.17, 15) is 13.2 Å². The molecule has 158 valence electrons. The Balaban J connectivity index is 1.39. The zero-order valence-electron chi connectivity index (χ0n) is 16.9. The molecule has 1 saturated heterocycles. The normalized spacial score (nSPS) is 18.0. The third-order valence-electron chi connectivity index (χ3n) is 5.46. The lowest BCUT2D eigenvalue weighted by Gasteiger charge is -2.32. The molecule has 1 unspecified atom stereocenters. The van der Waals surface area contributed by atoms with Crippen LogP contribution in [0.3, 0.4) is 0 Å². The van der Waals surface area contributed by atoms with Crippen molar-refractivity contribution in [2.24, 2.45) is 5.92 Å². The van der Waals surface area contributed by atoms with Crippen LogP contribution in [0.4, 0.5) is 0 Å². The minimum atomic E-state index is -3.64. The molecule has 1 aliphatic heterocycles. The van der Waals surface area contributed by atoms with Gasteiger partial charge in [0.25, 0.3) is 0 Å². The van der Waals surface area contributed by atoms with Gasteiger partial charge in [-0.25, -0.2) is 13.1 Å². The fourth-order valence-electron chi connectivity index (χ4n) is 3.96. The number of benzene rings is 1. The molecule has 0 bridgehead atoms. The maximum absolute atomic E-state index is 12.9. The first kappa shape index (κ1) is 21.1. The molecule has 0 amide bonds. The summed E-state index contributed by atoms with van der Waals surface area (Å²) in [6.45, 7) is 4.61. The molecule has 6 nitrogen and oxygen atoms in total. The number of Topliss-reactive ketones (excluding diaryl/α,β-unsaturated/α-hetero) is 1. The van der Waals surface area contributed by atoms with E-state index >= 15 is 0 Å². The summed E-state index contributed by atoms with van der Waals surface area (Å²) in [7, 11) is -3.64. The molecule has 3 aromatic rings. The van der Waals surface area contributed by atoms with E-state index in [0.29, 0.717) is 12.1 Å². The summed E-state index contributed by atoms with van der Waals surface area (Å²) in [5, 5.41) is 2.85. The molecule has 30 heavy (non-hydrogen) atoms. The molecule has 3 heterocycles. The van der Waals surface area contributed by atoms with E-state index in [1.165, 1.54) is 11.3 Å². The lowest BCUT2D eigenvalue weighted by atomic mass is 9.98. The Kier molecular flexibility index (Phi) is 6.29. The molecule has 1 fully saturated rings. The second-order valence-corrected chi connectivity index (χ2v) is 10.4. The third kappa shape index (κ3) is 4.78. The van der Waals surface area contributed by atoms with Gasteiger partial charge in [0.1, 0.15) is 4.90 Å². The lowest BCUT2D eigenvalue weighted by Crippen LogP contribution is -2.40. The molecule has 0 radical (unpaired) electrons. The van der Waals surface area contributed by atoms with Crippen molar-refractivity contribution in [3.63, 3.8) is 0 Å². The Morgan fingerprint density at radius 3 is 2.93 bits per heavy atom. The average Bonchev–Trinajstić information content (AvgIpc) is 3.21. The highest BCUT2D eigenvalue weighted by atomic mass is 32.2. The van der Waals surface area contributed by atoms with Gasteiger partial charge in [-0.2, -0.15) is 0 Å². The molecule has 0 spiro atoms. The fourth-order valence-corrected chi connectivity index (χ4v) is 6.06. The van der Waals surface area contributed by atoms with Crippen molar-refractivity contribution in [1.29, 1.82) is 0 Å². The van der Waals surface area contributed by atoms with Gasteiger partial charge in [0.2, 0.25) is 10.0 Å². The first-order valence-corrected chi connectivity index (χ1v) is 12.4. The second-order valence-electron chi connectivity index (χ2n) is 7.80. The number of sulfonamides is 1. The van der Waals surface area contributed by atoms with Crippen LogP contribution in [0.5, 0.6) is 0 Å². The third-order valence-corrected chi connectivity index (χ3v) is 7.99. The molecular formula is C22H25N3O3S2. The number of nitrogens with one attached hydrogen (secondary N) is 1. The minimum absolute atomic E-state index is 0.0973. The van der Waals surface area contributed by atoms with Gasteiger partial charge in [-0.3, -0.25) is 14.7 Å². The van der Waals surface area contributed by atoms with Crippen LogP contribution in [0.25, 0.3) is 10.9 Å². The van der Waals surface area contributed by atoms with Crippen LogP contribution in [0.2, 0.25) is 0 Å². The Morgan fingerprint density at radius 1 is 1.30 bits per heavy atom. The molecule has 0 saturated carbocycles. The number of rotatable bonds is 7. The summed E-state index contributed by atoms with van der Waals surface area (Å²) in [5.74, 6) is 0.350. The van der Waals surface area contributed by atoms with Crippen LogP contribution >= 0.6 is 11.3 Å². The van der Waals surface area contributed by atoms with Crippen LogP contribution in [0.15, 0.2) is 52.9 Å². The molecule has 8 heteroatoms. The van der Waals surface area contributed by atoms with Crippen LogP contribution in [-0.4, -0.2) is 43.7 Å². The predicted molar refractivity (Wildman–Crippen MR) is 119 cm³/mol. The zero-order chi connectivity index (χ0) is 21.1. The number of hydrogen-bond donors (Lipinski definition) is 1. The molecule has 0 aliphatic carbocycles. The van der Waals surface area contributed by atoms with Crippen molar-refractivity contribution in [3.8, 4) is 0 Å². The van der Waals surface area contributed by atoms with Gasteiger partial charge in [0, 0.05) is 31.2 Å². The summed E-state index contributed by atoms with van der Waals surface area (Å²) in [6, 6.07) is 10.8. The Labute approximate surface area is 181 Å². The monoisotopic (exact) mass is 443 g/mol. The van der Waals surface area contributed by atoms with Crippen molar-refractivity contribution in [1.82, 2.24) is 14.6 Å². The van der Waals surface area contributed by atoms with E-state index < -0.39 is 10.0 Å². The van der Waals surface area contributed by atoms with Crippen LogP contribution in [0.1, 0.15) is 35.0 Å². The van der Waals surface area contributed by atoms with E-state index in [1.807, 2.05) is 23.6 Å². The molecule has 1 N–H and O–H groups in total. The van der Waals surface area contributed by atoms with Crippen molar-refractivity contribution in [2.75, 3.05) is 19.6 Å². The van der Waals surface area contributed by atoms with Crippen molar-refractivity contribution in [2.45, 2.75) is 31.2 Å². The predicted octanol–water partition coefficient (Wildman–Crippen LogP) is 3.69. The molecule has 1 aromatic carbocycles. The highest BCUT2D eigenvalue weighted by Crippen LogP contribution is 2.23. The standard InChI is InChI=1S/C22H25N3O3S2/c1-16(26)20-11-18(15-29-20)14-25-10-4-5-17(13-25)12-24-30(27,28)21-8-2-6-19-7-3-9-23-22(19)21/h2-3,6-9,11,15,17,24H,4-5,10,12-14H2,1H3. The van der Waals surface area contributed by atoms with Crippen LogP contribution in [0, 0.1) is 5.92 Å². The van der Waals surface area contributed by atoms with Crippen molar-refractivity contribution in [3.05, 3.63) is 58.4 Å². The number of likely N-dealkylation sites (tertiary alicyclic amines) is 1. The minimum Gasteiger partial charge on any atom is -0.299 e. The first-order chi connectivity index (χ1) is 14.4. The number of carbonyl (C=O) groups excluding carboxylic acids is 1. The number of nitrogens with zero attached hydrogens (tertiary/aromatic N) is 2. The van der Waals surface area contributed by atoms with E-state index in [2.05, 4.69) is 14.6 Å². The molecule has 1 atom stereocenters. The van der Waals surface area contributed by atoms with Gasteiger partial charge in [0.05, 0.1) is 10.4 Å². The van der Waals surface area contributed by atoms with Gasteiger partial charge in [-0.05, 0) is 61.4 Å². The first-order valence-electron chi connectivity index (χ1n) is 10.1. The Hall–Kier alpha value is -2.13. The number of para-hydroxylation sites is 1. The zero-order valence-corrected chi connectivity index (χ0v) is 18.5. The largest absolute Gasteiger partial charge is 0.299 e. The molecule has 1 aliphatic rings. The van der Waals surface area contributed by atoms with Crippen molar-refractivity contribution >= 4 is 38.0 Å². The van der Waals surface area contributed by atoms with E-state index in [-0.39, 0.29) is 16.6 Å². The van der Waals surface area contributed by atoms with Gasteiger partial charge in [-0.15, -0.1) is 11.3 Å². The molecule has 2 aromatic heterocycles. The average molecular weight is 444 g/mol. The Bertz CT molecular complexity index is 1150. The van der Waals surface area contributed by atoms with E-state index in [1.54, 1.807) is 31.3 Å². The van der Waals surface area contributed by atoms with Gasteiger partial charge in [-0.1, -0.05) is 18.2 Å². The quantitative estimate of drug-likeness (QED) is 0.564. The molecule has 4 rings (SSSR count). The summed E-state index contributed by atoms with van der Waals surface area (Å²) in [4.78, 5) is 19.1. The van der Waals surface area contributed by atoms with Gasteiger partial charge >= 0.3 is 0 Å². The number of thiophene rings is 1. The van der Waals surface area contributed by atoms with Gasteiger partial charge in [0.15, 0.2) is 5.78 Å². The number of piperidine rings is 1. The summed E-state index contributed by atoms with van der Waals surface area (Å²) >= 11 is 1.49.